The molecule has 3 nitrogen and oxygen atoms in total. The molecule has 1 N–H and O–H groups in total. The number of amides is 1. The van der Waals surface area contributed by atoms with Crippen molar-refractivity contribution in [1.82, 2.24) is 0 Å². The van der Waals surface area contributed by atoms with Gasteiger partial charge in [0.1, 0.15) is 5.75 Å². The predicted molar refractivity (Wildman–Crippen MR) is 79.3 cm³/mol. The Kier molecular flexibility index (Phi) is 4.97. The molecule has 1 amide bonds. The first-order chi connectivity index (χ1) is 10.4. The van der Waals surface area contributed by atoms with E-state index < -0.39 is 12.3 Å². The summed E-state index contributed by atoms with van der Waals surface area (Å²) in [4.78, 5) is 13.0. The molecule has 22 heavy (non-hydrogen) atoms. The molecule has 0 saturated heterocycles. The van der Waals surface area contributed by atoms with Crippen LogP contribution in [0, 0.1) is 0 Å². The molecule has 116 valence electrons. The summed E-state index contributed by atoms with van der Waals surface area (Å²) in [5.41, 5.74) is 0.890. The summed E-state index contributed by atoms with van der Waals surface area (Å²) in [5, 5.41) is 2.72. The summed E-state index contributed by atoms with van der Waals surface area (Å²) >= 11 is 1.48. The van der Waals surface area contributed by atoms with Gasteiger partial charge in [0.2, 0.25) is 0 Å². The minimum atomic E-state index is -4.75. The third kappa shape index (κ3) is 4.42. The van der Waals surface area contributed by atoms with E-state index in [9.17, 15) is 18.0 Å². The van der Waals surface area contributed by atoms with Gasteiger partial charge >= 0.3 is 6.36 Å². The van der Waals surface area contributed by atoms with Gasteiger partial charge in [-0.15, -0.1) is 24.9 Å². The molecule has 0 aliphatic carbocycles. The minimum absolute atomic E-state index is 0.241. The molecule has 2 rings (SSSR count). The number of thioether (sulfide) groups is 1. The van der Waals surface area contributed by atoms with Crippen molar-refractivity contribution < 1.29 is 22.7 Å². The van der Waals surface area contributed by atoms with Gasteiger partial charge in [-0.2, -0.15) is 0 Å². The molecule has 0 aliphatic rings. The van der Waals surface area contributed by atoms with Crippen LogP contribution in [0.1, 0.15) is 10.4 Å². The van der Waals surface area contributed by atoms with Gasteiger partial charge < -0.3 is 10.1 Å². The third-order valence-corrected chi connectivity index (χ3v) is 3.50. The van der Waals surface area contributed by atoms with E-state index in [0.29, 0.717) is 5.69 Å². The molecular weight excluding hydrogens is 315 g/mol. The molecule has 0 aliphatic heterocycles. The van der Waals surface area contributed by atoms with Crippen LogP contribution in [0.2, 0.25) is 0 Å². The summed E-state index contributed by atoms with van der Waals surface area (Å²) in [5.74, 6) is -0.770. The van der Waals surface area contributed by atoms with E-state index in [0.717, 1.165) is 17.0 Å². The number of hydrogen-bond acceptors (Lipinski definition) is 3. The summed E-state index contributed by atoms with van der Waals surface area (Å²) in [6, 6.07) is 12.0. The van der Waals surface area contributed by atoms with Gasteiger partial charge in [0.25, 0.3) is 5.91 Å². The summed E-state index contributed by atoms with van der Waals surface area (Å²) in [7, 11) is 0. The van der Waals surface area contributed by atoms with Crippen LogP contribution in [0.3, 0.4) is 0 Å². The molecule has 0 atom stereocenters. The number of halogens is 3. The van der Waals surface area contributed by atoms with E-state index in [1.165, 1.54) is 23.9 Å². The number of hydrogen-bond donors (Lipinski definition) is 1. The van der Waals surface area contributed by atoms with Crippen LogP contribution < -0.4 is 10.1 Å². The van der Waals surface area contributed by atoms with Crippen LogP contribution in [0.5, 0.6) is 5.75 Å². The topological polar surface area (TPSA) is 38.3 Å². The zero-order valence-corrected chi connectivity index (χ0v) is 12.3. The Hall–Kier alpha value is -2.15. The molecular formula is C15H12F3NO2S. The molecule has 0 bridgehead atoms. The van der Waals surface area contributed by atoms with Crippen LogP contribution in [-0.4, -0.2) is 18.5 Å². The van der Waals surface area contributed by atoms with Crippen molar-refractivity contribution in [2.24, 2.45) is 0 Å². The Labute approximate surface area is 129 Å². The maximum Gasteiger partial charge on any atom is 0.573 e. The number of nitrogens with one attached hydrogen (secondary N) is 1. The number of anilines is 1. The second-order valence-electron chi connectivity index (χ2n) is 4.23. The molecule has 0 fully saturated rings. The maximum absolute atomic E-state index is 12.1. The van der Waals surface area contributed by atoms with Gasteiger partial charge in [-0.05, 0) is 42.7 Å². The molecule has 0 heterocycles. The average Bonchev–Trinajstić information content (AvgIpc) is 2.47. The number of carbonyl (C=O) groups is 1. The second-order valence-corrected chi connectivity index (χ2v) is 5.07. The second kappa shape index (κ2) is 6.74. The van der Waals surface area contributed by atoms with Gasteiger partial charge in [-0.3, -0.25) is 4.79 Å². The van der Waals surface area contributed by atoms with E-state index in [-0.39, 0.29) is 11.3 Å². The summed E-state index contributed by atoms with van der Waals surface area (Å²) < 4.78 is 40.0. The molecule has 2 aromatic rings. The fraction of sp³-hybridized carbons (Fsp3) is 0.133. The van der Waals surface area contributed by atoms with Gasteiger partial charge in [-0.25, -0.2) is 0 Å². The highest BCUT2D eigenvalue weighted by Crippen LogP contribution is 2.26. The van der Waals surface area contributed by atoms with E-state index in [1.54, 1.807) is 12.1 Å². The van der Waals surface area contributed by atoms with Crippen molar-refractivity contribution in [1.29, 1.82) is 0 Å². The van der Waals surface area contributed by atoms with Crippen LogP contribution in [0.25, 0.3) is 0 Å². The fourth-order valence-corrected chi connectivity index (χ4v) is 2.30. The standard InChI is InChI=1S/C15H12F3NO2S/c1-22-13-5-3-2-4-12(13)19-14(20)10-6-8-11(9-7-10)21-15(16,17)18/h2-9H,1H3,(H,19,20). The average molecular weight is 327 g/mol. The number of benzene rings is 2. The van der Waals surface area contributed by atoms with Crippen molar-refractivity contribution in [3.05, 3.63) is 54.1 Å². The smallest absolute Gasteiger partial charge is 0.406 e. The van der Waals surface area contributed by atoms with E-state index in [2.05, 4.69) is 10.1 Å². The lowest BCUT2D eigenvalue weighted by Gasteiger charge is -2.11. The van der Waals surface area contributed by atoms with Crippen LogP contribution in [0.15, 0.2) is 53.4 Å². The van der Waals surface area contributed by atoms with Crippen molar-refractivity contribution in [2.75, 3.05) is 11.6 Å². The van der Waals surface area contributed by atoms with Gasteiger partial charge in [0.15, 0.2) is 0 Å². The largest absolute Gasteiger partial charge is 0.573 e. The Morgan fingerprint density at radius 1 is 1.09 bits per heavy atom. The summed E-state index contributed by atoms with van der Waals surface area (Å²) in [6.45, 7) is 0. The highest BCUT2D eigenvalue weighted by Gasteiger charge is 2.31. The normalized spacial score (nSPS) is 11.1. The highest BCUT2D eigenvalue weighted by atomic mass is 32.2. The molecule has 0 aromatic heterocycles. The Morgan fingerprint density at radius 3 is 2.32 bits per heavy atom. The van der Waals surface area contributed by atoms with Crippen molar-refractivity contribution in [3.8, 4) is 5.75 Å². The first-order valence-electron chi connectivity index (χ1n) is 6.19. The molecule has 0 spiro atoms. The van der Waals surface area contributed by atoms with E-state index >= 15 is 0 Å². The zero-order valence-electron chi connectivity index (χ0n) is 11.5. The number of para-hydroxylation sites is 1. The number of rotatable bonds is 4. The van der Waals surface area contributed by atoms with Gasteiger partial charge in [0, 0.05) is 10.5 Å². The van der Waals surface area contributed by atoms with E-state index in [4.69, 9.17) is 0 Å². The van der Waals surface area contributed by atoms with Gasteiger partial charge in [-0.1, -0.05) is 12.1 Å². The first kappa shape index (κ1) is 16.2. The van der Waals surface area contributed by atoms with Crippen LogP contribution in [-0.2, 0) is 0 Å². The van der Waals surface area contributed by atoms with E-state index in [1.807, 2.05) is 18.4 Å². The number of carbonyl (C=O) groups excluding carboxylic acids is 1. The lowest BCUT2D eigenvalue weighted by atomic mass is 10.2. The minimum Gasteiger partial charge on any atom is -0.406 e. The number of alkyl halides is 3. The summed E-state index contributed by atoms with van der Waals surface area (Å²) in [6.07, 6.45) is -2.87. The van der Waals surface area contributed by atoms with Crippen LogP contribution >= 0.6 is 11.8 Å². The van der Waals surface area contributed by atoms with Crippen molar-refractivity contribution in [3.63, 3.8) is 0 Å². The third-order valence-electron chi connectivity index (χ3n) is 2.71. The van der Waals surface area contributed by atoms with Crippen molar-refractivity contribution in [2.45, 2.75) is 11.3 Å². The lowest BCUT2D eigenvalue weighted by molar-refractivity contribution is -0.274. The fourth-order valence-electron chi connectivity index (χ4n) is 1.75. The molecule has 7 heteroatoms. The number of ether oxygens (including phenoxy) is 1. The molecule has 0 unspecified atom stereocenters. The molecule has 0 radical (unpaired) electrons. The molecule has 0 saturated carbocycles. The Bertz CT molecular complexity index is 657. The monoisotopic (exact) mass is 327 g/mol. The van der Waals surface area contributed by atoms with Crippen LogP contribution in [0.4, 0.5) is 18.9 Å². The Balaban J connectivity index is 2.10. The zero-order chi connectivity index (χ0) is 16.2. The molecule has 2 aromatic carbocycles. The maximum atomic E-state index is 12.1. The Morgan fingerprint density at radius 2 is 1.73 bits per heavy atom. The van der Waals surface area contributed by atoms with Crippen molar-refractivity contribution >= 4 is 23.4 Å². The van der Waals surface area contributed by atoms with Gasteiger partial charge in [0.05, 0.1) is 5.69 Å². The lowest BCUT2D eigenvalue weighted by Crippen LogP contribution is -2.17. The highest BCUT2D eigenvalue weighted by molar-refractivity contribution is 7.98. The predicted octanol–water partition coefficient (Wildman–Crippen LogP) is 4.56. The first-order valence-corrected chi connectivity index (χ1v) is 7.42. The quantitative estimate of drug-likeness (QED) is 0.837. The SMILES string of the molecule is CSc1ccccc1NC(=O)c1ccc(OC(F)(F)F)cc1.